The number of hydroxylamine groups is 1. The minimum Gasteiger partial charge on any atom is -0.464 e. The van der Waals surface area contributed by atoms with Crippen molar-refractivity contribution in [1.29, 1.82) is 0 Å². The summed E-state index contributed by atoms with van der Waals surface area (Å²) in [6, 6.07) is 18.3. The van der Waals surface area contributed by atoms with Crippen molar-refractivity contribution in [3.63, 3.8) is 0 Å². The number of carbonyl (C=O) groups is 2. The van der Waals surface area contributed by atoms with Crippen molar-refractivity contribution in [3.05, 3.63) is 71.8 Å². The van der Waals surface area contributed by atoms with Gasteiger partial charge in [-0.3, -0.25) is 9.63 Å². The minimum absolute atomic E-state index is 0.0412. The van der Waals surface area contributed by atoms with E-state index in [2.05, 4.69) is 5.48 Å². The Balaban J connectivity index is 1.91. The number of carbonyl (C=O) groups excluding carboxylic acids is 2. The van der Waals surface area contributed by atoms with Crippen molar-refractivity contribution in [2.75, 3.05) is 6.61 Å². The normalized spacial score (nSPS) is 12.8. The fourth-order valence-electron chi connectivity index (χ4n) is 2.24. The topological polar surface area (TPSA) is 94.1 Å². The molecule has 2 aromatic rings. The third-order valence-corrected chi connectivity index (χ3v) is 3.60. The molecule has 0 fully saturated rings. The summed E-state index contributed by atoms with van der Waals surface area (Å²) in [4.78, 5) is 29.3. The number of amides is 1. The Kier molecular flexibility index (Phi) is 8.44. The van der Waals surface area contributed by atoms with Gasteiger partial charge in [0.2, 0.25) is 0 Å². The van der Waals surface area contributed by atoms with Crippen LogP contribution in [0.4, 0.5) is 0 Å². The molecule has 0 aliphatic rings. The summed E-state index contributed by atoms with van der Waals surface area (Å²) >= 11 is 0. The number of hydrogen-bond donors (Lipinski definition) is 2. The predicted octanol–water partition coefficient (Wildman–Crippen LogP) is 1.74. The Bertz CT molecular complexity index is 707. The highest BCUT2D eigenvalue weighted by Gasteiger charge is 2.34. The first-order valence-electron chi connectivity index (χ1n) is 8.57. The van der Waals surface area contributed by atoms with Crippen LogP contribution in [0.3, 0.4) is 0 Å². The van der Waals surface area contributed by atoms with E-state index in [1.807, 2.05) is 48.5 Å². The predicted molar refractivity (Wildman–Crippen MR) is 97.0 cm³/mol. The van der Waals surface area contributed by atoms with E-state index in [1.165, 1.54) is 0 Å². The Hall–Kier alpha value is -2.74. The van der Waals surface area contributed by atoms with Crippen LogP contribution in [0.15, 0.2) is 60.7 Å². The van der Waals surface area contributed by atoms with Gasteiger partial charge in [-0.25, -0.2) is 10.3 Å². The molecule has 0 bridgehead atoms. The van der Waals surface area contributed by atoms with Crippen LogP contribution in [0.1, 0.15) is 18.1 Å². The summed E-state index contributed by atoms with van der Waals surface area (Å²) in [5.41, 5.74) is 3.76. The first-order valence-corrected chi connectivity index (χ1v) is 8.57. The summed E-state index contributed by atoms with van der Waals surface area (Å²) in [5, 5.41) is 10.2. The lowest BCUT2D eigenvalue weighted by atomic mass is 10.2. The molecule has 1 unspecified atom stereocenters. The van der Waals surface area contributed by atoms with E-state index in [0.29, 0.717) is 0 Å². The Labute approximate surface area is 157 Å². The number of rotatable bonds is 10. The molecule has 2 rings (SSSR count). The third kappa shape index (κ3) is 6.82. The summed E-state index contributed by atoms with van der Waals surface area (Å²) in [6.45, 7) is 1.89. The van der Waals surface area contributed by atoms with Crippen LogP contribution in [-0.2, 0) is 37.1 Å². The van der Waals surface area contributed by atoms with E-state index >= 15 is 0 Å². The first-order chi connectivity index (χ1) is 13.1. The van der Waals surface area contributed by atoms with Gasteiger partial charge in [0.1, 0.15) is 0 Å². The van der Waals surface area contributed by atoms with Crippen LogP contribution in [0, 0.1) is 0 Å². The second kappa shape index (κ2) is 11.1. The van der Waals surface area contributed by atoms with E-state index in [1.54, 1.807) is 19.1 Å². The zero-order valence-corrected chi connectivity index (χ0v) is 15.0. The van der Waals surface area contributed by atoms with Gasteiger partial charge >= 0.3 is 5.97 Å². The lowest BCUT2D eigenvalue weighted by Gasteiger charge is -2.21. The molecule has 2 atom stereocenters. The smallest absolute Gasteiger partial charge is 0.338 e. The quantitative estimate of drug-likeness (QED) is 0.487. The van der Waals surface area contributed by atoms with Crippen LogP contribution < -0.4 is 5.48 Å². The number of hydrogen-bond acceptors (Lipinski definition) is 6. The minimum atomic E-state index is -1.77. The number of ether oxygens (including phenoxy) is 2. The second-order valence-electron chi connectivity index (χ2n) is 5.65. The van der Waals surface area contributed by atoms with E-state index in [4.69, 9.17) is 14.3 Å². The molecule has 144 valence electrons. The highest BCUT2D eigenvalue weighted by Crippen LogP contribution is 2.09. The molecular formula is C20H23NO6. The molecule has 0 heterocycles. The molecule has 7 nitrogen and oxygen atoms in total. The van der Waals surface area contributed by atoms with E-state index < -0.39 is 24.1 Å². The average molecular weight is 373 g/mol. The largest absolute Gasteiger partial charge is 0.464 e. The maximum atomic E-state index is 12.1. The fraction of sp³-hybridized carbons (Fsp3) is 0.300. The summed E-state index contributed by atoms with van der Waals surface area (Å²) in [7, 11) is 0. The monoisotopic (exact) mass is 373 g/mol. The zero-order valence-electron chi connectivity index (χ0n) is 15.0. The fourth-order valence-corrected chi connectivity index (χ4v) is 2.24. The van der Waals surface area contributed by atoms with Gasteiger partial charge in [0, 0.05) is 0 Å². The van der Waals surface area contributed by atoms with Gasteiger partial charge < -0.3 is 14.6 Å². The molecule has 0 aliphatic carbocycles. The van der Waals surface area contributed by atoms with Gasteiger partial charge in [0.25, 0.3) is 5.91 Å². The summed E-state index contributed by atoms with van der Waals surface area (Å²) < 4.78 is 10.3. The van der Waals surface area contributed by atoms with E-state index in [-0.39, 0.29) is 19.8 Å². The first kappa shape index (κ1) is 20.6. The lowest BCUT2D eigenvalue weighted by molar-refractivity contribution is -0.173. The van der Waals surface area contributed by atoms with Crippen LogP contribution in [0.2, 0.25) is 0 Å². The van der Waals surface area contributed by atoms with Gasteiger partial charge in [-0.15, -0.1) is 0 Å². The third-order valence-electron chi connectivity index (χ3n) is 3.60. The van der Waals surface area contributed by atoms with Crippen molar-refractivity contribution < 1.29 is 29.0 Å². The molecule has 7 heteroatoms. The molecule has 27 heavy (non-hydrogen) atoms. The van der Waals surface area contributed by atoms with Gasteiger partial charge in [-0.2, -0.15) is 0 Å². The number of nitrogens with one attached hydrogen (secondary N) is 1. The molecule has 2 N–H and O–H groups in total. The van der Waals surface area contributed by atoms with Crippen molar-refractivity contribution in [1.82, 2.24) is 5.48 Å². The SMILES string of the molecule is CCOC(=O)[C@H](OCc1ccccc1)C(O)C(=O)NOCc1ccccc1. The Morgan fingerprint density at radius 3 is 2.07 bits per heavy atom. The molecule has 0 radical (unpaired) electrons. The number of aliphatic hydroxyl groups excluding tert-OH is 1. The highest BCUT2D eigenvalue weighted by molar-refractivity contribution is 5.88. The number of benzene rings is 2. The molecule has 0 saturated carbocycles. The van der Waals surface area contributed by atoms with Gasteiger partial charge in [0.15, 0.2) is 12.2 Å². The number of esters is 1. The van der Waals surface area contributed by atoms with E-state index in [0.717, 1.165) is 11.1 Å². The van der Waals surface area contributed by atoms with Crippen molar-refractivity contribution in [2.45, 2.75) is 32.3 Å². The summed E-state index contributed by atoms with van der Waals surface area (Å²) in [6.07, 6.45) is -3.24. The second-order valence-corrected chi connectivity index (χ2v) is 5.65. The molecular weight excluding hydrogens is 350 g/mol. The Morgan fingerprint density at radius 2 is 1.52 bits per heavy atom. The van der Waals surface area contributed by atoms with Crippen LogP contribution in [0.25, 0.3) is 0 Å². The molecule has 1 amide bonds. The molecule has 0 spiro atoms. The standard InChI is InChI=1S/C20H23NO6/c1-2-25-20(24)18(26-13-15-9-5-3-6-10-15)17(22)19(23)21-27-14-16-11-7-4-8-12-16/h3-12,17-18,22H,2,13-14H2,1H3,(H,21,23)/t17?,18-/m1/s1. The van der Waals surface area contributed by atoms with Gasteiger partial charge in [-0.1, -0.05) is 60.7 Å². The molecule has 2 aromatic carbocycles. The maximum absolute atomic E-state index is 12.1. The van der Waals surface area contributed by atoms with Gasteiger partial charge in [0.05, 0.1) is 19.8 Å². The summed E-state index contributed by atoms with van der Waals surface area (Å²) in [5.74, 6) is -1.71. The Morgan fingerprint density at radius 1 is 0.963 bits per heavy atom. The van der Waals surface area contributed by atoms with E-state index in [9.17, 15) is 14.7 Å². The van der Waals surface area contributed by atoms with Crippen molar-refractivity contribution in [3.8, 4) is 0 Å². The van der Waals surface area contributed by atoms with Crippen LogP contribution in [-0.4, -0.2) is 35.8 Å². The van der Waals surface area contributed by atoms with Crippen LogP contribution >= 0.6 is 0 Å². The van der Waals surface area contributed by atoms with Crippen LogP contribution in [0.5, 0.6) is 0 Å². The zero-order chi connectivity index (χ0) is 19.5. The molecule has 0 aromatic heterocycles. The maximum Gasteiger partial charge on any atom is 0.338 e. The molecule has 0 saturated heterocycles. The lowest BCUT2D eigenvalue weighted by Crippen LogP contribution is -2.47. The van der Waals surface area contributed by atoms with Gasteiger partial charge in [-0.05, 0) is 18.1 Å². The van der Waals surface area contributed by atoms with Crippen molar-refractivity contribution in [2.24, 2.45) is 0 Å². The average Bonchev–Trinajstić information content (AvgIpc) is 2.69. The highest BCUT2D eigenvalue weighted by atomic mass is 16.7. The number of aliphatic hydroxyl groups is 1. The van der Waals surface area contributed by atoms with Crippen molar-refractivity contribution >= 4 is 11.9 Å². The molecule has 0 aliphatic heterocycles.